The number of hydrogen-bond acceptors (Lipinski definition) is 3. The van der Waals surface area contributed by atoms with Crippen molar-refractivity contribution in [2.45, 2.75) is 6.42 Å². The number of carbonyl (C=O) groups excluding carboxylic acids is 1. The molecular weight excluding hydrogens is 267 g/mol. The van der Waals surface area contributed by atoms with Crippen molar-refractivity contribution in [3.8, 4) is 0 Å². The monoisotopic (exact) mass is 282 g/mol. The van der Waals surface area contributed by atoms with Crippen LogP contribution in [0.2, 0.25) is 0 Å². The molecule has 2 amide bonds. The molecular formula is C13H15FN2O4. The fourth-order valence-electron chi connectivity index (χ4n) is 2.21. The van der Waals surface area contributed by atoms with Crippen molar-refractivity contribution in [3.63, 3.8) is 0 Å². The summed E-state index contributed by atoms with van der Waals surface area (Å²) in [4.78, 5) is 24.5. The number of nitrogens with zero attached hydrogens (tertiary/aromatic N) is 1. The van der Waals surface area contributed by atoms with Crippen LogP contribution in [0.3, 0.4) is 0 Å². The molecule has 3 N–H and O–H groups in total. The third kappa shape index (κ3) is 2.88. The number of aliphatic hydroxyl groups is 1. The van der Waals surface area contributed by atoms with E-state index < -0.39 is 23.4 Å². The van der Waals surface area contributed by atoms with Crippen molar-refractivity contribution in [2.24, 2.45) is 5.92 Å². The molecule has 0 saturated carbocycles. The molecule has 1 aromatic rings. The SMILES string of the molecule is O=C(O)c1c(F)cccc1NC(=O)N1CCC(CO)C1. The maximum absolute atomic E-state index is 13.5. The second-order valence-electron chi connectivity index (χ2n) is 4.68. The van der Waals surface area contributed by atoms with Crippen LogP contribution >= 0.6 is 0 Å². The summed E-state index contributed by atoms with van der Waals surface area (Å²) in [5, 5.41) is 20.4. The topological polar surface area (TPSA) is 89.9 Å². The van der Waals surface area contributed by atoms with Crippen molar-refractivity contribution in [1.29, 1.82) is 0 Å². The molecule has 1 heterocycles. The second-order valence-corrected chi connectivity index (χ2v) is 4.68. The van der Waals surface area contributed by atoms with E-state index in [1.807, 2.05) is 0 Å². The van der Waals surface area contributed by atoms with Crippen LogP contribution in [0.25, 0.3) is 0 Å². The molecule has 7 heteroatoms. The molecule has 0 aromatic heterocycles. The highest BCUT2D eigenvalue weighted by Crippen LogP contribution is 2.21. The Morgan fingerprint density at radius 3 is 2.80 bits per heavy atom. The van der Waals surface area contributed by atoms with Gasteiger partial charge in [-0.05, 0) is 18.6 Å². The van der Waals surface area contributed by atoms with Gasteiger partial charge in [0.15, 0.2) is 0 Å². The number of aliphatic hydroxyl groups excluding tert-OH is 1. The lowest BCUT2D eigenvalue weighted by Crippen LogP contribution is -2.33. The molecule has 108 valence electrons. The maximum atomic E-state index is 13.5. The van der Waals surface area contributed by atoms with Gasteiger partial charge >= 0.3 is 12.0 Å². The normalized spacial score (nSPS) is 18.1. The van der Waals surface area contributed by atoms with Gasteiger partial charge in [0.25, 0.3) is 0 Å². The number of rotatable bonds is 3. The third-order valence-corrected chi connectivity index (χ3v) is 3.30. The lowest BCUT2D eigenvalue weighted by molar-refractivity contribution is 0.0693. The van der Waals surface area contributed by atoms with Crippen LogP contribution in [-0.2, 0) is 0 Å². The summed E-state index contributed by atoms with van der Waals surface area (Å²) >= 11 is 0. The zero-order chi connectivity index (χ0) is 14.7. The van der Waals surface area contributed by atoms with E-state index in [0.29, 0.717) is 19.5 Å². The minimum absolute atomic E-state index is 0.00409. The molecule has 1 saturated heterocycles. The largest absolute Gasteiger partial charge is 0.478 e. The van der Waals surface area contributed by atoms with Crippen LogP contribution in [0.1, 0.15) is 16.8 Å². The lowest BCUT2D eigenvalue weighted by atomic mass is 10.1. The van der Waals surface area contributed by atoms with Crippen LogP contribution < -0.4 is 5.32 Å². The number of halogens is 1. The van der Waals surface area contributed by atoms with Gasteiger partial charge in [-0.3, -0.25) is 0 Å². The number of urea groups is 1. The molecule has 1 aliphatic heterocycles. The highest BCUT2D eigenvalue weighted by atomic mass is 19.1. The Hall–Kier alpha value is -2.15. The zero-order valence-electron chi connectivity index (χ0n) is 10.7. The van der Waals surface area contributed by atoms with Crippen molar-refractivity contribution in [3.05, 3.63) is 29.6 Å². The molecule has 1 fully saturated rings. The maximum Gasteiger partial charge on any atom is 0.340 e. The Morgan fingerprint density at radius 1 is 1.45 bits per heavy atom. The Morgan fingerprint density at radius 2 is 2.20 bits per heavy atom. The van der Waals surface area contributed by atoms with Crippen LogP contribution in [0.15, 0.2) is 18.2 Å². The molecule has 1 atom stereocenters. The average Bonchev–Trinajstić information content (AvgIpc) is 2.87. The van der Waals surface area contributed by atoms with Gasteiger partial charge in [0, 0.05) is 25.6 Å². The average molecular weight is 282 g/mol. The van der Waals surface area contributed by atoms with Crippen molar-refractivity contribution < 1.29 is 24.2 Å². The van der Waals surface area contributed by atoms with Gasteiger partial charge in [-0.2, -0.15) is 0 Å². The Balaban J connectivity index is 2.13. The van der Waals surface area contributed by atoms with Crippen LogP contribution in [0.5, 0.6) is 0 Å². The fraction of sp³-hybridized carbons (Fsp3) is 0.385. The number of nitrogens with one attached hydrogen (secondary N) is 1. The van der Waals surface area contributed by atoms with Gasteiger partial charge in [-0.15, -0.1) is 0 Å². The van der Waals surface area contributed by atoms with Gasteiger partial charge in [-0.1, -0.05) is 6.07 Å². The standard InChI is InChI=1S/C13H15FN2O4/c14-9-2-1-3-10(11(9)12(18)19)15-13(20)16-5-4-8(6-16)7-17/h1-3,8,17H,4-7H2,(H,15,20)(H,18,19). The van der Waals surface area contributed by atoms with Crippen molar-refractivity contribution in [1.82, 2.24) is 4.90 Å². The summed E-state index contributed by atoms with van der Waals surface area (Å²) in [5.74, 6) is -2.30. The second kappa shape index (κ2) is 5.87. The van der Waals surface area contributed by atoms with E-state index in [1.54, 1.807) is 0 Å². The van der Waals surface area contributed by atoms with E-state index in [-0.39, 0.29) is 18.2 Å². The van der Waals surface area contributed by atoms with Gasteiger partial charge < -0.3 is 20.4 Å². The van der Waals surface area contributed by atoms with Crippen molar-refractivity contribution in [2.75, 3.05) is 25.0 Å². The third-order valence-electron chi connectivity index (χ3n) is 3.30. The van der Waals surface area contributed by atoms with Gasteiger partial charge in [0.1, 0.15) is 11.4 Å². The highest BCUT2D eigenvalue weighted by Gasteiger charge is 2.27. The van der Waals surface area contributed by atoms with Crippen LogP contribution in [0.4, 0.5) is 14.9 Å². The highest BCUT2D eigenvalue weighted by molar-refractivity contribution is 6.00. The van der Waals surface area contributed by atoms with E-state index in [9.17, 15) is 14.0 Å². The number of carboxylic acid groups (broad SMARTS) is 1. The molecule has 1 aromatic carbocycles. The number of carboxylic acids is 1. The number of anilines is 1. The van der Waals surface area contributed by atoms with E-state index in [1.165, 1.54) is 17.0 Å². The predicted octanol–water partition coefficient (Wildman–Crippen LogP) is 1.37. The van der Waals surface area contributed by atoms with Crippen molar-refractivity contribution >= 4 is 17.7 Å². The summed E-state index contributed by atoms with van der Waals surface area (Å²) in [6.45, 7) is 0.888. The lowest BCUT2D eigenvalue weighted by Gasteiger charge is -2.18. The number of carbonyl (C=O) groups is 2. The number of likely N-dealkylation sites (tertiary alicyclic amines) is 1. The molecule has 1 unspecified atom stereocenters. The first-order valence-corrected chi connectivity index (χ1v) is 6.21. The number of hydrogen-bond donors (Lipinski definition) is 3. The van der Waals surface area contributed by atoms with E-state index in [4.69, 9.17) is 10.2 Å². The molecule has 0 aliphatic carbocycles. The molecule has 0 radical (unpaired) electrons. The van der Waals surface area contributed by atoms with Gasteiger partial charge in [-0.25, -0.2) is 14.0 Å². The minimum atomic E-state index is -1.44. The molecule has 2 rings (SSSR count). The zero-order valence-corrected chi connectivity index (χ0v) is 10.7. The quantitative estimate of drug-likeness (QED) is 0.781. The van der Waals surface area contributed by atoms with Crippen LogP contribution in [-0.4, -0.2) is 46.8 Å². The summed E-state index contributed by atoms with van der Waals surface area (Å²) < 4.78 is 13.5. The van der Waals surface area contributed by atoms with E-state index in [0.717, 1.165) is 6.07 Å². The first kappa shape index (κ1) is 14.3. The summed E-state index contributed by atoms with van der Waals surface area (Å²) in [7, 11) is 0. The Bertz CT molecular complexity index is 535. The van der Waals surface area contributed by atoms with Gasteiger partial charge in [0.05, 0.1) is 5.69 Å². The van der Waals surface area contributed by atoms with E-state index >= 15 is 0 Å². The molecule has 1 aliphatic rings. The summed E-state index contributed by atoms with van der Waals surface area (Å²) in [6, 6.07) is 3.20. The summed E-state index contributed by atoms with van der Waals surface area (Å²) in [5.41, 5.74) is -0.631. The number of benzene rings is 1. The molecule has 0 bridgehead atoms. The molecule has 20 heavy (non-hydrogen) atoms. The first-order valence-electron chi connectivity index (χ1n) is 6.21. The first-order chi connectivity index (χ1) is 9.52. The molecule has 6 nitrogen and oxygen atoms in total. The Labute approximate surface area is 114 Å². The minimum Gasteiger partial charge on any atom is -0.478 e. The van der Waals surface area contributed by atoms with Crippen LogP contribution in [0, 0.1) is 11.7 Å². The fourth-order valence-corrected chi connectivity index (χ4v) is 2.21. The van der Waals surface area contributed by atoms with E-state index in [2.05, 4.69) is 5.32 Å². The predicted molar refractivity (Wildman–Crippen MR) is 69.1 cm³/mol. The Kier molecular flexibility index (Phi) is 4.19. The smallest absolute Gasteiger partial charge is 0.340 e. The summed E-state index contributed by atoms with van der Waals surface area (Å²) in [6.07, 6.45) is 0.693. The van der Waals surface area contributed by atoms with Gasteiger partial charge in [0.2, 0.25) is 0 Å². The number of aromatic carboxylic acids is 1. The molecule has 0 spiro atoms. The number of amides is 2.